The fraction of sp³-hybridized carbons (Fsp3) is 0.227. The van der Waals surface area contributed by atoms with Gasteiger partial charge in [-0.2, -0.15) is 0 Å². The molecule has 0 aliphatic rings. The van der Waals surface area contributed by atoms with Crippen molar-refractivity contribution in [3.05, 3.63) is 54.1 Å². The van der Waals surface area contributed by atoms with E-state index in [9.17, 15) is 4.79 Å². The van der Waals surface area contributed by atoms with Gasteiger partial charge in [0.05, 0.1) is 32.1 Å². The standard InChI is InChI=1S/C22H23ClN4O4S/c1-5-10-27-21(14-6-8-18(30-3)19(11-14)31-4)25-26-22(27)32-13-20(28)24-15-7-9-17(29-2)16(23)12-15/h5-9,11-12H,1,10,13H2,2-4H3,(H,24,28). The Morgan fingerprint density at radius 1 is 1.09 bits per heavy atom. The highest BCUT2D eigenvalue weighted by Crippen LogP contribution is 2.33. The van der Waals surface area contributed by atoms with E-state index in [2.05, 4.69) is 22.1 Å². The van der Waals surface area contributed by atoms with E-state index in [0.717, 1.165) is 5.56 Å². The molecule has 10 heteroatoms. The largest absolute Gasteiger partial charge is 0.495 e. The molecule has 0 atom stereocenters. The van der Waals surface area contributed by atoms with Crippen LogP contribution in [0.2, 0.25) is 5.02 Å². The van der Waals surface area contributed by atoms with E-state index in [1.807, 2.05) is 16.7 Å². The van der Waals surface area contributed by atoms with E-state index >= 15 is 0 Å². The first-order valence-electron chi connectivity index (χ1n) is 9.53. The van der Waals surface area contributed by atoms with E-state index < -0.39 is 0 Å². The summed E-state index contributed by atoms with van der Waals surface area (Å²) < 4.78 is 17.7. The molecule has 1 N–H and O–H groups in total. The summed E-state index contributed by atoms with van der Waals surface area (Å²) in [7, 11) is 4.69. The molecular formula is C22H23ClN4O4S. The topological polar surface area (TPSA) is 87.5 Å². The van der Waals surface area contributed by atoms with Crippen molar-refractivity contribution in [3.63, 3.8) is 0 Å². The van der Waals surface area contributed by atoms with Gasteiger partial charge in [0.1, 0.15) is 5.75 Å². The Labute approximate surface area is 195 Å². The van der Waals surface area contributed by atoms with Gasteiger partial charge in [-0.15, -0.1) is 16.8 Å². The van der Waals surface area contributed by atoms with Gasteiger partial charge in [-0.05, 0) is 36.4 Å². The number of anilines is 1. The molecule has 168 valence electrons. The predicted octanol–water partition coefficient (Wildman–Crippen LogP) is 4.54. The van der Waals surface area contributed by atoms with Crippen molar-refractivity contribution < 1.29 is 19.0 Å². The molecule has 1 amide bonds. The van der Waals surface area contributed by atoms with E-state index in [0.29, 0.717) is 45.5 Å². The molecule has 0 saturated carbocycles. The summed E-state index contributed by atoms with van der Waals surface area (Å²) in [6.45, 7) is 4.29. The molecule has 0 spiro atoms. The zero-order valence-corrected chi connectivity index (χ0v) is 19.5. The van der Waals surface area contributed by atoms with Crippen LogP contribution in [0.1, 0.15) is 0 Å². The second-order valence-corrected chi connectivity index (χ2v) is 7.81. The van der Waals surface area contributed by atoms with Crippen LogP contribution in [-0.2, 0) is 11.3 Å². The number of carbonyl (C=O) groups is 1. The van der Waals surface area contributed by atoms with Crippen LogP contribution in [0, 0.1) is 0 Å². The molecule has 0 aliphatic carbocycles. The molecule has 32 heavy (non-hydrogen) atoms. The van der Waals surface area contributed by atoms with Gasteiger partial charge in [0, 0.05) is 17.8 Å². The first-order chi connectivity index (χ1) is 15.5. The molecule has 0 radical (unpaired) electrons. The predicted molar refractivity (Wildman–Crippen MR) is 126 cm³/mol. The molecule has 0 saturated heterocycles. The number of benzene rings is 2. The van der Waals surface area contributed by atoms with Gasteiger partial charge in [0.2, 0.25) is 5.91 Å². The van der Waals surface area contributed by atoms with Gasteiger partial charge >= 0.3 is 0 Å². The van der Waals surface area contributed by atoms with Crippen LogP contribution in [-0.4, -0.2) is 47.8 Å². The summed E-state index contributed by atoms with van der Waals surface area (Å²) in [4.78, 5) is 12.4. The van der Waals surface area contributed by atoms with Gasteiger partial charge in [-0.3, -0.25) is 9.36 Å². The maximum Gasteiger partial charge on any atom is 0.234 e. The highest BCUT2D eigenvalue weighted by atomic mass is 35.5. The average Bonchev–Trinajstić information content (AvgIpc) is 3.20. The monoisotopic (exact) mass is 474 g/mol. The van der Waals surface area contributed by atoms with Crippen LogP contribution in [0.15, 0.2) is 54.2 Å². The Morgan fingerprint density at radius 2 is 1.81 bits per heavy atom. The van der Waals surface area contributed by atoms with Crippen LogP contribution in [0.4, 0.5) is 5.69 Å². The SMILES string of the molecule is C=CCn1c(SCC(=O)Nc2ccc(OC)c(Cl)c2)nnc1-c1ccc(OC)c(OC)c1. The summed E-state index contributed by atoms with van der Waals surface area (Å²) in [5.41, 5.74) is 1.39. The number of nitrogens with zero attached hydrogens (tertiary/aromatic N) is 3. The Bertz CT molecular complexity index is 1120. The van der Waals surface area contributed by atoms with Crippen molar-refractivity contribution >= 4 is 35.0 Å². The number of allylic oxidation sites excluding steroid dienone is 1. The van der Waals surface area contributed by atoms with E-state index in [-0.39, 0.29) is 11.7 Å². The van der Waals surface area contributed by atoms with Crippen LogP contribution in [0.3, 0.4) is 0 Å². The van der Waals surface area contributed by atoms with E-state index in [4.69, 9.17) is 25.8 Å². The van der Waals surface area contributed by atoms with Crippen LogP contribution in [0.5, 0.6) is 17.2 Å². The number of nitrogens with one attached hydrogen (secondary N) is 1. The van der Waals surface area contributed by atoms with Gasteiger partial charge in [0.15, 0.2) is 22.5 Å². The lowest BCUT2D eigenvalue weighted by molar-refractivity contribution is -0.113. The minimum Gasteiger partial charge on any atom is -0.495 e. The summed E-state index contributed by atoms with van der Waals surface area (Å²) >= 11 is 7.39. The molecule has 8 nitrogen and oxygen atoms in total. The fourth-order valence-electron chi connectivity index (χ4n) is 2.95. The molecule has 3 aromatic rings. The van der Waals surface area contributed by atoms with Gasteiger partial charge in [-0.25, -0.2) is 0 Å². The summed E-state index contributed by atoms with van der Waals surface area (Å²) in [6, 6.07) is 10.6. The van der Waals surface area contributed by atoms with Gasteiger partial charge < -0.3 is 19.5 Å². The lowest BCUT2D eigenvalue weighted by atomic mass is 10.2. The highest BCUT2D eigenvalue weighted by Gasteiger charge is 2.17. The average molecular weight is 475 g/mol. The third-order valence-electron chi connectivity index (χ3n) is 4.44. The first kappa shape index (κ1) is 23.5. The van der Waals surface area contributed by atoms with Crippen molar-refractivity contribution in [1.29, 1.82) is 0 Å². The van der Waals surface area contributed by atoms with Crippen LogP contribution in [0.25, 0.3) is 11.4 Å². The Morgan fingerprint density at radius 3 is 2.47 bits per heavy atom. The number of rotatable bonds is 10. The molecule has 2 aromatic carbocycles. The van der Waals surface area contributed by atoms with Crippen molar-refractivity contribution in [2.24, 2.45) is 0 Å². The highest BCUT2D eigenvalue weighted by molar-refractivity contribution is 7.99. The number of carbonyl (C=O) groups excluding carboxylic acids is 1. The smallest absolute Gasteiger partial charge is 0.234 e. The molecule has 3 rings (SSSR count). The number of methoxy groups -OCH3 is 3. The Balaban J connectivity index is 1.75. The lowest BCUT2D eigenvalue weighted by Gasteiger charge is -2.11. The molecular weight excluding hydrogens is 452 g/mol. The third kappa shape index (κ3) is 5.35. The number of aromatic nitrogens is 3. The first-order valence-corrected chi connectivity index (χ1v) is 10.9. The van der Waals surface area contributed by atoms with Crippen LogP contribution < -0.4 is 19.5 Å². The maximum atomic E-state index is 12.4. The second-order valence-electron chi connectivity index (χ2n) is 6.46. The van der Waals surface area contributed by atoms with Crippen LogP contribution >= 0.6 is 23.4 Å². The number of halogens is 1. The number of hydrogen-bond acceptors (Lipinski definition) is 7. The summed E-state index contributed by atoms with van der Waals surface area (Å²) in [5.74, 6) is 2.33. The summed E-state index contributed by atoms with van der Waals surface area (Å²) in [5, 5.41) is 12.4. The maximum absolute atomic E-state index is 12.4. The Kier molecular flexibility index (Phi) is 8.02. The molecule has 0 bridgehead atoms. The lowest BCUT2D eigenvalue weighted by Crippen LogP contribution is -2.14. The van der Waals surface area contributed by atoms with E-state index in [1.165, 1.54) is 18.9 Å². The van der Waals surface area contributed by atoms with Gasteiger partial charge in [0.25, 0.3) is 0 Å². The van der Waals surface area contributed by atoms with Crippen molar-refractivity contribution in [2.75, 3.05) is 32.4 Å². The number of thioether (sulfide) groups is 1. The van der Waals surface area contributed by atoms with Crippen molar-refractivity contribution in [1.82, 2.24) is 14.8 Å². The normalized spacial score (nSPS) is 10.5. The zero-order chi connectivity index (χ0) is 23.1. The summed E-state index contributed by atoms with van der Waals surface area (Å²) in [6.07, 6.45) is 1.75. The molecule has 0 unspecified atom stereocenters. The van der Waals surface area contributed by atoms with Crippen molar-refractivity contribution in [2.45, 2.75) is 11.7 Å². The molecule has 1 aromatic heterocycles. The number of hydrogen-bond donors (Lipinski definition) is 1. The second kappa shape index (κ2) is 10.9. The van der Waals surface area contributed by atoms with Gasteiger partial charge in [-0.1, -0.05) is 29.4 Å². The Hall–Kier alpha value is -3.17. The number of ether oxygens (including phenoxy) is 3. The third-order valence-corrected chi connectivity index (χ3v) is 5.70. The molecule has 0 aliphatic heterocycles. The quantitative estimate of drug-likeness (QED) is 0.341. The fourth-order valence-corrected chi connectivity index (χ4v) is 3.95. The molecule has 0 fully saturated rings. The number of amides is 1. The van der Waals surface area contributed by atoms with E-state index in [1.54, 1.807) is 44.6 Å². The van der Waals surface area contributed by atoms with Crippen molar-refractivity contribution in [3.8, 4) is 28.6 Å². The minimum atomic E-state index is -0.197. The zero-order valence-electron chi connectivity index (χ0n) is 17.9. The minimum absolute atomic E-state index is 0.144. The molecule has 1 heterocycles.